The van der Waals surface area contributed by atoms with Crippen LogP contribution in [0, 0.1) is 0 Å². The fourth-order valence-electron chi connectivity index (χ4n) is 1.54. The molecule has 16 heavy (non-hydrogen) atoms. The van der Waals surface area contributed by atoms with Crippen LogP contribution in [0.5, 0.6) is 0 Å². The van der Waals surface area contributed by atoms with Gasteiger partial charge in [-0.05, 0) is 27.7 Å². The van der Waals surface area contributed by atoms with Gasteiger partial charge in [-0.2, -0.15) is 0 Å². The number of carbonyl (C=O) groups is 2. The van der Waals surface area contributed by atoms with E-state index >= 15 is 0 Å². The van der Waals surface area contributed by atoms with Crippen molar-refractivity contribution in [2.75, 3.05) is 13.1 Å². The zero-order valence-electron chi connectivity index (χ0n) is 10.2. The second-order valence-corrected chi connectivity index (χ2v) is 5.01. The lowest BCUT2D eigenvalue weighted by Crippen LogP contribution is -2.51. The molecule has 0 saturated carbocycles. The van der Waals surface area contributed by atoms with E-state index in [0.717, 1.165) is 0 Å². The molecule has 0 N–H and O–H groups in total. The highest BCUT2D eigenvalue weighted by Gasteiger charge is 2.30. The Morgan fingerprint density at radius 1 is 1.44 bits per heavy atom. The highest BCUT2D eigenvalue weighted by Crippen LogP contribution is 2.15. The van der Waals surface area contributed by atoms with E-state index in [9.17, 15) is 9.59 Å². The lowest BCUT2D eigenvalue weighted by atomic mass is 10.2. The predicted octanol–water partition coefficient (Wildman–Crippen LogP) is 1.21. The van der Waals surface area contributed by atoms with Gasteiger partial charge in [0, 0.05) is 0 Å². The normalized spacial score (nSPS) is 26.4. The third kappa shape index (κ3) is 3.81. The molecule has 0 spiro atoms. The Kier molecular flexibility index (Phi) is 3.91. The number of aldehydes is 1. The zero-order valence-corrected chi connectivity index (χ0v) is 10.2. The van der Waals surface area contributed by atoms with Crippen molar-refractivity contribution in [1.29, 1.82) is 0 Å². The molecular formula is C11H19NO4. The van der Waals surface area contributed by atoms with Gasteiger partial charge in [0.05, 0.1) is 19.2 Å². The van der Waals surface area contributed by atoms with E-state index in [1.807, 2.05) is 27.7 Å². The van der Waals surface area contributed by atoms with Gasteiger partial charge in [0.1, 0.15) is 11.7 Å². The van der Waals surface area contributed by atoms with Gasteiger partial charge in [-0.25, -0.2) is 4.79 Å². The van der Waals surface area contributed by atoms with Crippen molar-refractivity contribution in [1.82, 2.24) is 4.90 Å². The average Bonchev–Trinajstić information content (AvgIpc) is 2.14. The van der Waals surface area contributed by atoms with Crippen molar-refractivity contribution in [3.05, 3.63) is 0 Å². The molecule has 1 rings (SSSR count). The van der Waals surface area contributed by atoms with Crippen LogP contribution in [0.3, 0.4) is 0 Å². The van der Waals surface area contributed by atoms with Gasteiger partial charge in [-0.3, -0.25) is 0 Å². The van der Waals surface area contributed by atoms with Crippen LogP contribution in [0.4, 0.5) is 4.79 Å². The van der Waals surface area contributed by atoms with Crippen LogP contribution in [-0.4, -0.2) is 48.2 Å². The summed E-state index contributed by atoms with van der Waals surface area (Å²) in [6.07, 6.45) is -0.366. The van der Waals surface area contributed by atoms with Gasteiger partial charge in [-0.1, -0.05) is 0 Å². The van der Waals surface area contributed by atoms with Crippen LogP contribution in [-0.2, 0) is 14.3 Å². The fraction of sp³-hybridized carbons (Fsp3) is 0.818. The maximum Gasteiger partial charge on any atom is 0.410 e. The second-order valence-electron chi connectivity index (χ2n) is 5.01. The summed E-state index contributed by atoms with van der Waals surface area (Å²) in [7, 11) is 0. The molecule has 1 saturated heterocycles. The first-order chi connectivity index (χ1) is 7.31. The second kappa shape index (κ2) is 4.82. The molecule has 1 amide bonds. The standard InChI is InChI=1S/C11H19NO4/c1-8-5-12(6-9(7-13)15-8)10(14)16-11(2,3)4/h7-9H,5-6H2,1-4H3. The Hall–Kier alpha value is -1.10. The fourth-order valence-corrected chi connectivity index (χ4v) is 1.54. The zero-order chi connectivity index (χ0) is 12.3. The van der Waals surface area contributed by atoms with Crippen molar-refractivity contribution in [2.24, 2.45) is 0 Å². The van der Waals surface area contributed by atoms with Crippen molar-refractivity contribution >= 4 is 12.4 Å². The summed E-state index contributed by atoms with van der Waals surface area (Å²) >= 11 is 0. The summed E-state index contributed by atoms with van der Waals surface area (Å²) in [5.74, 6) is 0. The molecule has 1 fully saturated rings. The Balaban J connectivity index is 2.58. The van der Waals surface area contributed by atoms with Crippen molar-refractivity contribution < 1.29 is 19.1 Å². The van der Waals surface area contributed by atoms with Gasteiger partial charge in [0.25, 0.3) is 0 Å². The molecule has 0 aromatic heterocycles. The minimum Gasteiger partial charge on any atom is -0.444 e. The van der Waals surface area contributed by atoms with Crippen LogP contribution in [0.1, 0.15) is 27.7 Å². The summed E-state index contributed by atoms with van der Waals surface area (Å²) in [5, 5.41) is 0. The third-order valence-corrected chi connectivity index (χ3v) is 2.09. The van der Waals surface area contributed by atoms with E-state index in [4.69, 9.17) is 9.47 Å². The van der Waals surface area contributed by atoms with Gasteiger partial charge in [0.2, 0.25) is 0 Å². The molecule has 1 aliphatic rings. The first-order valence-electron chi connectivity index (χ1n) is 5.40. The van der Waals surface area contributed by atoms with Gasteiger partial charge < -0.3 is 19.2 Å². The molecule has 0 aromatic rings. The molecule has 92 valence electrons. The smallest absolute Gasteiger partial charge is 0.410 e. The molecule has 2 unspecified atom stereocenters. The molecule has 0 radical (unpaired) electrons. The van der Waals surface area contributed by atoms with Crippen LogP contribution < -0.4 is 0 Å². The van der Waals surface area contributed by atoms with Gasteiger partial charge >= 0.3 is 6.09 Å². The quantitative estimate of drug-likeness (QED) is 0.634. The monoisotopic (exact) mass is 229 g/mol. The minimum absolute atomic E-state index is 0.142. The van der Waals surface area contributed by atoms with Crippen LogP contribution in [0.25, 0.3) is 0 Å². The maximum atomic E-state index is 11.8. The molecule has 0 aromatic carbocycles. The lowest BCUT2D eigenvalue weighted by Gasteiger charge is -2.35. The highest BCUT2D eigenvalue weighted by atomic mass is 16.6. The number of morpholine rings is 1. The predicted molar refractivity (Wildman–Crippen MR) is 58.2 cm³/mol. The first-order valence-corrected chi connectivity index (χ1v) is 5.40. The summed E-state index contributed by atoms with van der Waals surface area (Å²) in [6.45, 7) is 7.99. The first kappa shape index (κ1) is 13.0. The van der Waals surface area contributed by atoms with Crippen molar-refractivity contribution in [2.45, 2.75) is 45.5 Å². The average molecular weight is 229 g/mol. The SMILES string of the molecule is CC1CN(C(=O)OC(C)(C)C)CC(C=O)O1. The number of amides is 1. The van der Waals surface area contributed by atoms with Crippen LogP contribution >= 0.6 is 0 Å². The van der Waals surface area contributed by atoms with Crippen LogP contribution in [0.2, 0.25) is 0 Å². The van der Waals surface area contributed by atoms with Gasteiger partial charge in [-0.15, -0.1) is 0 Å². The molecular weight excluding hydrogens is 210 g/mol. The van der Waals surface area contributed by atoms with Gasteiger partial charge in [0.15, 0.2) is 6.29 Å². The number of hydrogen-bond acceptors (Lipinski definition) is 4. The number of hydrogen-bond donors (Lipinski definition) is 0. The minimum atomic E-state index is -0.545. The Bertz CT molecular complexity index is 272. The molecule has 2 atom stereocenters. The summed E-state index contributed by atoms with van der Waals surface area (Å²) in [5.41, 5.74) is -0.519. The lowest BCUT2D eigenvalue weighted by molar-refractivity contribution is -0.130. The molecule has 5 heteroatoms. The number of nitrogens with zero attached hydrogens (tertiary/aromatic N) is 1. The maximum absolute atomic E-state index is 11.8. The van der Waals surface area contributed by atoms with Crippen molar-refractivity contribution in [3.8, 4) is 0 Å². The highest BCUT2D eigenvalue weighted by molar-refractivity contribution is 5.69. The van der Waals surface area contributed by atoms with E-state index in [2.05, 4.69) is 0 Å². The van der Waals surface area contributed by atoms with Crippen molar-refractivity contribution in [3.63, 3.8) is 0 Å². The molecule has 1 heterocycles. The van der Waals surface area contributed by atoms with E-state index in [1.54, 1.807) is 0 Å². The Labute approximate surface area is 95.7 Å². The number of rotatable bonds is 1. The molecule has 0 aliphatic carbocycles. The Morgan fingerprint density at radius 2 is 2.06 bits per heavy atom. The van der Waals surface area contributed by atoms with Crippen LogP contribution in [0.15, 0.2) is 0 Å². The largest absolute Gasteiger partial charge is 0.444 e. The summed E-state index contributed by atoms with van der Waals surface area (Å²) in [4.78, 5) is 23.9. The topological polar surface area (TPSA) is 55.8 Å². The van der Waals surface area contributed by atoms with E-state index in [1.165, 1.54) is 4.90 Å². The Morgan fingerprint density at radius 3 is 2.56 bits per heavy atom. The summed E-state index contributed by atoms with van der Waals surface area (Å²) in [6, 6.07) is 0. The number of ether oxygens (including phenoxy) is 2. The third-order valence-electron chi connectivity index (χ3n) is 2.09. The molecule has 1 aliphatic heterocycles. The molecule has 0 bridgehead atoms. The summed E-state index contributed by atoms with van der Waals surface area (Å²) < 4.78 is 10.6. The molecule has 5 nitrogen and oxygen atoms in total. The van der Waals surface area contributed by atoms with E-state index in [-0.39, 0.29) is 12.6 Å². The van der Waals surface area contributed by atoms with E-state index in [0.29, 0.717) is 12.8 Å². The van der Waals surface area contributed by atoms with E-state index < -0.39 is 17.8 Å². The number of carbonyl (C=O) groups excluding carboxylic acids is 2.